The van der Waals surface area contributed by atoms with Gasteiger partial charge in [-0.05, 0) is 11.8 Å². The van der Waals surface area contributed by atoms with E-state index in [1.54, 1.807) is 13.8 Å². The van der Waals surface area contributed by atoms with Gasteiger partial charge in [0.05, 0.1) is 18.4 Å². The SMILES string of the molecule is CCCN(CC(=O)NC)C(=O)[C@H]1[C@@H](C(=O)O)C1(C)C. The highest BCUT2D eigenvalue weighted by molar-refractivity contribution is 5.93. The van der Waals surface area contributed by atoms with Crippen LogP contribution in [0, 0.1) is 17.3 Å². The van der Waals surface area contributed by atoms with Crippen LogP contribution in [0.25, 0.3) is 0 Å². The second-order valence-corrected chi connectivity index (χ2v) is 5.55. The highest BCUT2D eigenvalue weighted by Crippen LogP contribution is 2.59. The number of carbonyl (C=O) groups excluding carboxylic acids is 2. The lowest BCUT2D eigenvalue weighted by molar-refractivity contribution is -0.142. The van der Waals surface area contributed by atoms with Gasteiger partial charge < -0.3 is 15.3 Å². The zero-order valence-corrected chi connectivity index (χ0v) is 11.9. The van der Waals surface area contributed by atoms with E-state index in [2.05, 4.69) is 5.32 Å². The number of carbonyl (C=O) groups is 3. The maximum Gasteiger partial charge on any atom is 0.307 e. The van der Waals surface area contributed by atoms with Crippen LogP contribution in [-0.4, -0.2) is 47.9 Å². The molecule has 0 aromatic carbocycles. The predicted octanol–water partition coefficient (Wildman–Crippen LogP) is 0.328. The fraction of sp³-hybridized carbons (Fsp3) is 0.769. The van der Waals surface area contributed by atoms with Crippen LogP contribution in [-0.2, 0) is 14.4 Å². The molecule has 0 aromatic rings. The molecule has 1 rings (SSSR count). The average Bonchev–Trinajstić information content (AvgIpc) is 2.90. The minimum atomic E-state index is -0.945. The molecule has 2 atom stereocenters. The van der Waals surface area contributed by atoms with Gasteiger partial charge in [0.25, 0.3) is 0 Å². The molecule has 6 nitrogen and oxygen atoms in total. The summed E-state index contributed by atoms with van der Waals surface area (Å²) in [5.74, 6) is -2.60. The fourth-order valence-corrected chi connectivity index (χ4v) is 2.55. The fourth-order valence-electron chi connectivity index (χ4n) is 2.55. The molecule has 2 N–H and O–H groups in total. The van der Waals surface area contributed by atoms with Crippen molar-refractivity contribution in [3.8, 4) is 0 Å². The van der Waals surface area contributed by atoms with Gasteiger partial charge in [0.1, 0.15) is 0 Å². The molecular formula is C13H22N2O4. The summed E-state index contributed by atoms with van der Waals surface area (Å²) < 4.78 is 0. The maximum absolute atomic E-state index is 12.4. The van der Waals surface area contributed by atoms with Crippen LogP contribution in [0.4, 0.5) is 0 Å². The summed E-state index contributed by atoms with van der Waals surface area (Å²) in [5.41, 5.74) is -0.530. The minimum absolute atomic E-state index is 0.0118. The molecule has 19 heavy (non-hydrogen) atoms. The van der Waals surface area contributed by atoms with Gasteiger partial charge in [0.2, 0.25) is 11.8 Å². The summed E-state index contributed by atoms with van der Waals surface area (Å²) in [6.45, 7) is 5.92. The molecule has 6 heteroatoms. The quantitative estimate of drug-likeness (QED) is 0.728. The topological polar surface area (TPSA) is 86.7 Å². The smallest absolute Gasteiger partial charge is 0.307 e. The summed E-state index contributed by atoms with van der Waals surface area (Å²) in [6, 6.07) is 0. The van der Waals surface area contributed by atoms with E-state index < -0.39 is 23.2 Å². The van der Waals surface area contributed by atoms with Gasteiger partial charge in [-0.3, -0.25) is 14.4 Å². The molecular weight excluding hydrogens is 248 g/mol. The second-order valence-electron chi connectivity index (χ2n) is 5.55. The number of amides is 2. The number of hydrogen-bond donors (Lipinski definition) is 2. The van der Waals surface area contributed by atoms with E-state index in [4.69, 9.17) is 5.11 Å². The summed E-state index contributed by atoms with van der Waals surface area (Å²) >= 11 is 0. The number of rotatable bonds is 6. The van der Waals surface area contributed by atoms with Crippen LogP contribution in [0.3, 0.4) is 0 Å². The summed E-state index contributed by atoms with van der Waals surface area (Å²) in [5, 5.41) is 11.6. The average molecular weight is 270 g/mol. The van der Waals surface area contributed by atoms with Crippen molar-refractivity contribution >= 4 is 17.8 Å². The molecule has 0 aliphatic heterocycles. The van der Waals surface area contributed by atoms with Crippen molar-refractivity contribution in [2.75, 3.05) is 20.1 Å². The monoisotopic (exact) mass is 270 g/mol. The van der Waals surface area contributed by atoms with Gasteiger partial charge in [-0.15, -0.1) is 0 Å². The standard InChI is InChI=1S/C13H22N2O4/c1-5-6-15(7-8(16)14-4)11(17)9-10(12(18)19)13(9,2)3/h9-10H,5-7H2,1-4H3,(H,14,16)(H,18,19)/t9-,10+/m1/s1. The maximum atomic E-state index is 12.4. The molecule has 0 spiro atoms. The van der Waals surface area contributed by atoms with E-state index >= 15 is 0 Å². The number of hydrogen-bond acceptors (Lipinski definition) is 3. The first kappa shape index (κ1) is 15.5. The van der Waals surface area contributed by atoms with Crippen molar-refractivity contribution in [1.29, 1.82) is 0 Å². The number of likely N-dealkylation sites (N-methyl/N-ethyl adjacent to an activating group) is 1. The molecule has 1 saturated carbocycles. The van der Waals surface area contributed by atoms with Crippen molar-refractivity contribution in [3.63, 3.8) is 0 Å². The Hall–Kier alpha value is -1.59. The molecule has 1 aliphatic carbocycles. The Morgan fingerprint density at radius 1 is 1.26 bits per heavy atom. The predicted molar refractivity (Wildman–Crippen MR) is 69.3 cm³/mol. The zero-order chi connectivity index (χ0) is 14.8. The van der Waals surface area contributed by atoms with E-state index in [9.17, 15) is 14.4 Å². The van der Waals surface area contributed by atoms with Crippen LogP contribution >= 0.6 is 0 Å². The Morgan fingerprint density at radius 3 is 2.21 bits per heavy atom. The van der Waals surface area contributed by atoms with Crippen LogP contribution in [0.1, 0.15) is 27.2 Å². The number of aliphatic carboxylic acids is 1. The Kier molecular flexibility index (Phi) is 4.55. The van der Waals surface area contributed by atoms with Gasteiger partial charge >= 0.3 is 5.97 Å². The molecule has 0 heterocycles. The van der Waals surface area contributed by atoms with E-state index in [0.29, 0.717) is 6.54 Å². The molecule has 108 valence electrons. The second kappa shape index (κ2) is 5.59. The molecule has 0 saturated heterocycles. The van der Waals surface area contributed by atoms with E-state index in [-0.39, 0.29) is 18.4 Å². The van der Waals surface area contributed by atoms with Crippen LogP contribution < -0.4 is 5.32 Å². The van der Waals surface area contributed by atoms with Gasteiger partial charge in [0, 0.05) is 13.6 Å². The van der Waals surface area contributed by atoms with E-state index in [0.717, 1.165) is 6.42 Å². The van der Waals surface area contributed by atoms with Crippen molar-refractivity contribution < 1.29 is 19.5 Å². The molecule has 1 aliphatic rings. The molecule has 0 unspecified atom stereocenters. The Labute approximate surface area is 113 Å². The van der Waals surface area contributed by atoms with Crippen LogP contribution in [0.2, 0.25) is 0 Å². The van der Waals surface area contributed by atoms with Crippen LogP contribution in [0.5, 0.6) is 0 Å². The lowest BCUT2D eigenvalue weighted by atomic mass is 10.1. The van der Waals surface area contributed by atoms with Gasteiger partial charge in [0.15, 0.2) is 0 Å². The molecule has 2 amide bonds. The highest BCUT2D eigenvalue weighted by atomic mass is 16.4. The first-order valence-corrected chi connectivity index (χ1v) is 6.49. The van der Waals surface area contributed by atoms with E-state index in [1.165, 1.54) is 11.9 Å². The van der Waals surface area contributed by atoms with Crippen LogP contribution in [0.15, 0.2) is 0 Å². The van der Waals surface area contributed by atoms with Crippen molar-refractivity contribution in [1.82, 2.24) is 10.2 Å². The molecule has 0 radical (unpaired) electrons. The minimum Gasteiger partial charge on any atom is -0.481 e. The van der Waals surface area contributed by atoms with Gasteiger partial charge in [-0.2, -0.15) is 0 Å². The van der Waals surface area contributed by atoms with Gasteiger partial charge in [-0.25, -0.2) is 0 Å². The normalized spacial score (nSPS) is 23.6. The molecule has 0 aromatic heterocycles. The lowest BCUT2D eigenvalue weighted by Gasteiger charge is -2.22. The zero-order valence-electron chi connectivity index (χ0n) is 11.9. The number of carboxylic acid groups (broad SMARTS) is 1. The third kappa shape index (κ3) is 3.05. The number of nitrogens with one attached hydrogen (secondary N) is 1. The third-order valence-corrected chi connectivity index (χ3v) is 3.78. The Balaban J connectivity index is 2.78. The third-order valence-electron chi connectivity index (χ3n) is 3.78. The summed E-state index contributed by atoms with van der Waals surface area (Å²) in [7, 11) is 1.51. The molecule has 0 bridgehead atoms. The first-order valence-electron chi connectivity index (χ1n) is 6.49. The Morgan fingerprint density at radius 2 is 1.84 bits per heavy atom. The first-order chi connectivity index (χ1) is 8.77. The highest BCUT2D eigenvalue weighted by Gasteiger charge is 2.66. The number of nitrogens with zero attached hydrogens (tertiary/aromatic N) is 1. The van der Waals surface area contributed by atoms with Crippen molar-refractivity contribution in [3.05, 3.63) is 0 Å². The largest absolute Gasteiger partial charge is 0.481 e. The Bertz CT molecular complexity index is 392. The lowest BCUT2D eigenvalue weighted by Crippen LogP contribution is -2.41. The van der Waals surface area contributed by atoms with Gasteiger partial charge in [-0.1, -0.05) is 20.8 Å². The summed E-state index contributed by atoms with van der Waals surface area (Å²) in [4.78, 5) is 36.3. The summed E-state index contributed by atoms with van der Waals surface area (Å²) in [6.07, 6.45) is 0.730. The number of carboxylic acids is 1. The van der Waals surface area contributed by atoms with Crippen molar-refractivity contribution in [2.45, 2.75) is 27.2 Å². The molecule has 1 fully saturated rings. The van der Waals surface area contributed by atoms with E-state index in [1.807, 2.05) is 6.92 Å². The van der Waals surface area contributed by atoms with Crippen molar-refractivity contribution in [2.24, 2.45) is 17.3 Å².